The van der Waals surface area contributed by atoms with E-state index in [0.29, 0.717) is 59.5 Å². The highest BCUT2D eigenvalue weighted by Gasteiger charge is 2.25. The molecule has 0 aliphatic carbocycles. The summed E-state index contributed by atoms with van der Waals surface area (Å²) in [5, 5.41) is 22.6. The topological polar surface area (TPSA) is 142 Å². The van der Waals surface area contributed by atoms with E-state index in [1.54, 1.807) is 30.3 Å². The van der Waals surface area contributed by atoms with Gasteiger partial charge in [0.15, 0.2) is 5.88 Å². The van der Waals surface area contributed by atoms with Crippen LogP contribution in [0.15, 0.2) is 36.5 Å². The summed E-state index contributed by atoms with van der Waals surface area (Å²) in [7, 11) is -1.49. The molecule has 1 aromatic carbocycles. The van der Waals surface area contributed by atoms with Crippen molar-refractivity contribution in [2.75, 3.05) is 45.5 Å². The number of benzene rings is 1. The molecule has 0 unspecified atom stereocenters. The third-order valence-corrected chi connectivity index (χ3v) is 7.56. The zero-order valence-corrected chi connectivity index (χ0v) is 18.9. The van der Waals surface area contributed by atoms with Crippen LogP contribution < -0.4 is 5.32 Å². The number of H-pyrrole nitrogens is 1. The van der Waals surface area contributed by atoms with E-state index in [2.05, 4.69) is 20.2 Å². The lowest BCUT2D eigenvalue weighted by Crippen LogP contribution is -2.48. The molecule has 3 N–H and O–H groups in total. The van der Waals surface area contributed by atoms with E-state index in [1.807, 2.05) is 13.1 Å². The summed E-state index contributed by atoms with van der Waals surface area (Å²) in [5.74, 6) is -0.682. The summed E-state index contributed by atoms with van der Waals surface area (Å²) in [5.41, 5.74) is 2.20. The van der Waals surface area contributed by atoms with Gasteiger partial charge in [-0.1, -0.05) is 0 Å². The smallest absolute Gasteiger partial charge is 0.251 e. The third kappa shape index (κ3) is 4.83. The highest BCUT2D eigenvalue weighted by molar-refractivity contribution is 7.89. The van der Waals surface area contributed by atoms with Crippen LogP contribution in [0.1, 0.15) is 15.9 Å². The average Bonchev–Trinajstić information content (AvgIpc) is 3.14. The number of hydrogen-bond donors (Lipinski definition) is 3. The zero-order valence-electron chi connectivity index (χ0n) is 18.1. The molecular formula is C22H24N6O4S. The Morgan fingerprint density at radius 2 is 2.00 bits per heavy atom. The number of amides is 1. The van der Waals surface area contributed by atoms with Crippen LogP contribution in [-0.2, 0) is 10.0 Å². The fourth-order valence-corrected chi connectivity index (χ4v) is 5.11. The monoisotopic (exact) mass is 468 g/mol. The van der Waals surface area contributed by atoms with Crippen molar-refractivity contribution < 1.29 is 18.3 Å². The molecule has 2 aromatic heterocycles. The number of rotatable bonds is 6. The van der Waals surface area contributed by atoms with Crippen LogP contribution >= 0.6 is 0 Å². The van der Waals surface area contributed by atoms with Crippen molar-refractivity contribution in [2.24, 2.45) is 0 Å². The molecule has 0 atom stereocenters. The predicted octanol–water partition coefficient (Wildman–Crippen LogP) is 1.11. The Morgan fingerprint density at radius 1 is 1.24 bits per heavy atom. The normalized spacial score (nSPS) is 15.4. The van der Waals surface area contributed by atoms with Crippen LogP contribution in [-0.4, -0.2) is 84.1 Å². The largest absolute Gasteiger partial charge is 0.494 e. The Morgan fingerprint density at radius 3 is 2.67 bits per heavy atom. The highest BCUT2D eigenvalue weighted by atomic mass is 32.2. The standard InChI is InChI=1S/C22H24N6O4S/c1-27-7-9-28(10-8-27)33(31,32)11-6-24-21(29)16-3-5-18-17(12-16)20(22(30)26-18)19-4-2-15(13-23)14-25-19/h2-5,12,14,26,30H,6-11H2,1H3,(H,24,29). The fourth-order valence-electron chi connectivity index (χ4n) is 3.78. The van der Waals surface area contributed by atoms with Gasteiger partial charge >= 0.3 is 0 Å². The van der Waals surface area contributed by atoms with Crippen molar-refractivity contribution in [1.29, 1.82) is 5.26 Å². The molecule has 1 amide bonds. The lowest BCUT2D eigenvalue weighted by molar-refractivity contribution is 0.0956. The Hall–Kier alpha value is -3.46. The van der Waals surface area contributed by atoms with Gasteiger partial charge in [0.2, 0.25) is 10.0 Å². The number of nitrogens with zero attached hydrogens (tertiary/aromatic N) is 4. The van der Waals surface area contributed by atoms with Crippen LogP contribution in [0.3, 0.4) is 0 Å². The Labute approximate surface area is 191 Å². The number of hydrogen-bond acceptors (Lipinski definition) is 7. The number of aromatic nitrogens is 2. The van der Waals surface area contributed by atoms with Crippen molar-refractivity contribution in [3.8, 4) is 23.2 Å². The highest BCUT2D eigenvalue weighted by Crippen LogP contribution is 2.36. The molecule has 1 aliphatic rings. The lowest BCUT2D eigenvalue weighted by Gasteiger charge is -2.31. The van der Waals surface area contributed by atoms with E-state index < -0.39 is 15.9 Å². The van der Waals surface area contributed by atoms with Crippen LogP contribution in [0.5, 0.6) is 5.88 Å². The second-order valence-corrected chi connectivity index (χ2v) is 10.0. The average molecular weight is 469 g/mol. The minimum atomic E-state index is -3.44. The molecule has 0 spiro atoms. The molecule has 4 rings (SSSR count). The van der Waals surface area contributed by atoms with Crippen molar-refractivity contribution >= 4 is 26.8 Å². The van der Waals surface area contributed by atoms with Gasteiger partial charge in [0.25, 0.3) is 5.91 Å². The van der Waals surface area contributed by atoms with Crippen molar-refractivity contribution in [3.05, 3.63) is 47.7 Å². The van der Waals surface area contributed by atoms with Gasteiger partial charge in [-0.2, -0.15) is 9.57 Å². The Bertz CT molecular complexity index is 1320. The molecule has 3 aromatic rings. The number of carbonyl (C=O) groups excluding carboxylic acids is 1. The second-order valence-electron chi connectivity index (χ2n) is 7.93. The first-order valence-corrected chi connectivity index (χ1v) is 12.0. The number of aromatic amines is 1. The Kier molecular flexibility index (Phi) is 6.33. The van der Waals surface area contributed by atoms with Gasteiger partial charge in [-0.3, -0.25) is 9.78 Å². The SMILES string of the molecule is CN1CCN(S(=O)(=O)CCNC(=O)c2ccc3[nH]c(O)c(-c4ccc(C#N)cn4)c3c2)CC1. The summed E-state index contributed by atoms with van der Waals surface area (Å²) in [4.78, 5) is 21.8. The molecular weight excluding hydrogens is 444 g/mol. The number of piperazine rings is 1. The third-order valence-electron chi connectivity index (χ3n) is 5.69. The van der Waals surface area contributed by atoms with E-state index in [9.17, 15) is 18.3 Å². The number of nitrogens with one attached hydrogen (secondary N) is 2. The van der Waals surface area contributed by atoms with E-state index in [1.165, 1.54) is 10.5 Å². The molecule has 3 heterocycles. The molecule has 1 aliphatic heterocycles. The number of sulfonamides is 1. The number of nitriles is 1. The van der Waals surface area contributed by atoms with Gasteiger partial charge in [-0.15, -0.1) is 0 Å². The minimum absolute atomic E-state index is 0.00599. The molecule has 11 heteroatoms. The first-order valence-electron chi connectivity index (χ1n) is 10.4. The number of fused-ring (bicyclic) bond motifs is 1. The molecule has 172 valence electrons. The van der Waals surface area contributed by atoms with Gasteiger partial charge in [0, 0.05) is 55.4 Å². The van der Waals surface area contributed by atoms with Gasteiger partial charge in [0.05, 0.1) is 22.6 Å². The van der Waals surface area contributed by atoms with Crippen LogP contribution in [0.2, 0.25) is 0 Å². The van der Waals surface area contributed by atoms with Crippen molar-refractivity contribution in [3.63, 3.8) is 0 Å². The van der Waals surface area contributed by atoms with Gasteiger partial charge in [-0.05, 0) is 37.4 Å². The molecule has 0 bridgehead atoms. The molecule has 1 fully saturated rings. The minimum Gasteiger partial charge on any atom is -0.494 e. The predicted molar refractivity (Wildman–Crippen MR) is 123 cm³/mol. The zero-order chi connectivity index (χ0) is 23.6. The second kappa shape index (κ2) is 9.19. The summed E-state index contributed by atoms with van der Waals surface area (Å²) in [6, 6.07) is 10.1. The molecule has 0 radical (unpaired) electrons. The fraction of sp³-hybridized carbons (Fsp3) is 0.318. The number of pyridine rings is 1. The van der Waals surface area contributed by atoms with Crippen LogP contribution in [0.4, 0.5) is 0 Å². The van der Waals surface area contributed by atoms with Crippen molar-refractivity contribution in [1.82, 2.24) is 24.5 Å². The first kappa shape index (κ1) is 22.7. The Balaban J connectivity index is 1.48. The van der Waals surface area contributed by atoms with Gasteiger partial charge < -0.3 is 20.3 Å². The summed E-state index contributed by atoms with van der Waals surface area (Å²) >= 11 is 0. The van der Waals surface area contributed by atoms with Crippen LogP contribution in [0.25, 0.3) is 22.2 Å². The number of likely N-dealkylation sites (N-methyl/N-ethyl adjacent to an activating group) is 1. The molecule has 0 saturated carbocycles. The van der Waals surface area contributed by atoms with E-state index in [-0.39, 0.29) is 18.2 Å². The van der Waals surface area contributed by atoms with E-state index >= 15 is 0 Å². The van der Waals surface area contributed by atoms with E-state index in [0.717, 1.165) is 0 Å². The van der Waals surface area contributed by atoms with Crippen LogP contribution in [0, 0.1) is 11.3 Å². The summed E-state index contributed by atoms with van der Waals surface area (Å²) in [6.07, 6.45) is 1.41. The maximum Gasteiger partial charge on any atom is 0.251 e. The van der Waals surface area contributed by atoms with E-state index in [4.69, 9.17) is 5.26 Å². The quantitative estimate of drug-likeness (QED) is 0.492. The maximum absolute atomic E-state index is 12.7. The summed E-state index contributed by atoms with van der Waals surface area (Å²) < 4.78 is 26.5. The molecule has 1 saturated heterocycles. The van der Waals surface area contributed by atoms with Gasteiger partial charge in [-0.25, -0.2) is 8.42 Å². The molecule has 10 nitrogen and oxygen atoms in total. The van der Waals surface area contributed by atoms with Gasteiger partial charge in [0.1, 0.15) is 6.07 Å². The lowest BCUT2D eigenvalue weighted by atomic mass is 10.1. The number of aromatic hydroxyl groups is 1. The molecule has 33 heavy (non-hydrogen) atoms. The summed E-state index contributed by atoms with van der Waals surface area (Å²) in [6.45, 7) is 2.27. The maximum atomic E-state index is 12.7. The van der Waals surface area contributed by atoms with Crippen molar-refractivity contribution in [2.45, 2.75) is 0 Å². The number of carbonyl (C=O) groups is 1. The first-order chi connectivity index (χ1) is 15.8.